The van der Waals surface area contributed by atoms with Gasteiger partial charge in [-0.1, -0.05) is 23.2 Å². The fraction of sp³-hybridized carbons (Fsp3) is 0.214. The summed E-state index contributed by atoms with van der Waals surface area (Å²) in [7, 11) is 0. The van der Waals surface area contributed by atoms with Crippen molar-refractivity contribution < 1.29 is 35.1 Å². The number of aromatic nitrogens is 4. The molecule has 0 unspecified atom stereocenters. The van der Waals surface area contributed by atoms with Crippen LogP contribution in [0.1, 0.15) is 11.3 Å². The summed E-state index contributed by atoms with van der Waals surface area (Å²) in [6.45, 7) is 0. The Morgan fingerprint density at radius 1 is 0.966 bits per heavy atom. The molecule has 0 aliphatic rings. The summed E-state index contributed by atoms with van der Waals surface area (Å²) in [6.07, 6.45) is -10.5. The van der Waals surface area contributed by atoms with E-state index >= 15 is 0 Å². The minimum atomic E-state index is -6.19. The third-order valence-electron chi connectivity index (χ3n) is 3.65. The Hall–Kier alpha value is -2.41. The standard InChI is InChI=1S/C14H5Cl2F8N5/c15-4-1-6(16)11(26-3-4)29-9(25)8-5(13(19,20)21)2-7(27-10(8)28-29)12(17,18)14(22,23)24/h1-3H,25H2. The maximum Gasteiger partial charge on any atom is 0.459 e. The summed E-state index contributed by atoms with van der Waals surface area (Å²) in [6, 6.07) is 0.716. The van der Waals surface area contributed by atoms with Gasteiger partial charge in [0, 0.05) is 6.20 Å². The van der Waals surface area contributed by atoms with Gasteiger partial charge >= 0.3 is 18.3 Å². The van der Waals surface area contributed by atoms with Gasteiger partial charge < -0.3 is 5.73 Å². The van der Waals surface area contributed by atoms with Gasteiger partial charge in [-0.05, 0) is 12.1 Å². The molecule has 5 nitrogen and oxygen atoms in total. The lowest BCUT2D eigenvalue weighted by Gasteiger charge is -2.20. The van der Waals surface area contributed by atoms with E-state index < -0.39 is 52.5 Å². The molecule has 15 heteroatoms. The molecule has 0 bridgehead atoms. The van der Waals surface area contributed by atoms with Gasteiger partial charge in [0.25, 0.3) is 0 Å². The van der Waals surface area contributed by atoms with Crippen LogP contribution in [0.3, 0.4) is 0 Å². The number of nitrogens with two attached hydrogens (primary N) is 1. The van der Waals surface area contributed by atoms with Crippen molar-refractivity contribution in [1.82, 2.24) is 19.7 Å². The summed E-state index contributed by atoms with van der Waals surface area (Å²) >= 11 is 11.5. The predicted octanol–water partition coefficient (Wildman–Crippen LogP) is 5.38. The number of hydrogen-bond donors (Lipinski definition) is 1. The summed E-state index contributed by atoms with van der Waals surface area (Å²) in [5.74, 6) is -6.79. The number of fused-ring (bicyclic) bond motifs is 1. The molecule has 0 aliphatic carbocycles. The van der Waals surface area contributed by atoms with Crippen molar-refractivity contribution >= 4 is 40.1 Å². The topological polar surface area (TPSA) is 69.6 Å². The quantitative estimate of drug-likeness (QED) is 0.516. The van der Waals surface area contributed by atoms with E-state index in [9.17, 15) is 35.1 Å². The lowest BCUT2D eigenvalue weighted by atomic mass is 10.1. The Bertz CT molecular complexity index is 1110. The number of alkyl halides is 8. The Morgan fingerprint density at radius 2 is 1.59 bits per heavy atom. The molecule has 29 heavy (non-hydrogen) atoms. The Morgan fingerprint density at radius 3 is 2.10 bits per heavy atom. The first-order valence-electron chi connectivity index (χ1n) is 7.17. The van der Waals surface area contributed by atoms with Crippen LogP contribution in [0.2, 0.25) is 10.0 Å². The predicted molar refractivity (Wildman–Crippen MR) is 86.0 cm³/mol. The van der Waals surface area contributed by atoms with Crippen molar-refractivity contribution in [3.63, 3.8) is 0 Å². The zero-order valence-electron chi connectivity index (χ0n) is 13.4. The Balaban J connectivity index is 2.38. The zero-order valence-corrected chi connectivity index (χ0v) is 14.9. The molecule has 0 spiro atoms. The first-order valence-corrected chi connectivity index (χ1v) is 7.93. The molecule has 0 fully saturated rings. The molecule has 0 aromatic carbocycles. The average Bonchev–Trinajstić information content (AvgIpc) is 2.89. The van der Waals surface area contributed by atoms with Crippen molar-refractivity contribution in [1.29, 1.82) is 0 Å². The van der Waals surface area contributed by atoms with Gasteiger partial charge in [0.15, 0.2) is 11.5 Å². The average molecular weight is 466 g/mol. The third kappa shape index (κ3) is 3.52. The number of nitrogen functional groups attached to an aromatic ring is 1. The largest absolute Gasteiger partial charge is 0.459 e. The minimum absolute atomic E-state index is 0.0512. The van der Waals surface area contributed by atoms with Crippen molar-refractivity contribution in [3.05, 3.63) is 39.6 Å². The molecule has 0 saturated heterocycles. The number of pyridine rings is 2. The van der Waals surface area contributed by atoms with Gasteiger partial charge in [0.2, 0.25) is 0 Å². The molecule has 3 rings (SSSR count). The first-order chi connectivity index (χ1) is 13.1. The molecule has 156 valence electrons. The van der Waals surface area contributed by atoms with Gasteiger partial charge in [-0.2, -0.15) is 39.8 Å². The third-order valence-corrected chi connectivity index (χ3v) is 4.14. The molecule has 3 aromatic heterocycles. The Kier molecular flexibility index (Phi) is 4.81. The van der Waals surface area contributed by atoms with Gasteiger partial charge in [-0.15, -0.1) is 5.10 Å². The van der Waals surface area contributed by atoms with E-state index in [4.69, 9.17) is 28.9 Å². The molecule has 0 amide bonds. The van der Waals surface area contributed by atoms with Crippen LogP contribution < -0.4 is 5.73 Å². The summed E-state index contributed by atoms with van der Waals surface area (Å²) in [4.78, 5) is 6.69. The number of nitrogens with zero attached hydrogens (tertiary/aromatic N) is 4. The number of rotatable bonds is 2. The van der Waals surface area contributed by atoms with Crippen LogP contribution in [0.15, 0.2) is 18.3 Å². The van der Waals surface area contributed by atoms with E-state index in [1.807, 2.05) is 0 Å². The molecule has 2 N–H and O–H groups in total. The van der Waals surface area contributed by atoms with E-state index in [2.05, 4.69) is 15.1 Å². The molecule has 0 radical (unpaired) electrons. The fourth-order valence-electron chi connectivity index (χ4n) is 2.37. The zero-order chi connectivity index (χ0) is 21.9. The summed E-state index contributed by atoms with van der Waals surface area (Å²) < 4.78 is 106. The van der Waals surface area contributed by atoms with E-state index in [0.29, 0.717) is 4.68 Å². The second-order valence-corrected chi connectivity index (χ2v) is 6.42. The summed E-state index contributed by atoms with van der Waals surface area (Å²) in [5.41, 5.74) is 0.463. The number of anilines is 1. The second kappa shape index (κ2) is 6.55. The number of halogens is 10. The molecule has 0 aliphatic heterocycles. The molecule has 0 saturated carbocycles. The van der Waals surface area contributed by atoms with E-state index in [1.54, 1.807) is 0 Å². The van der Waals surface area contributed by atoms with Crippen LogP contribution in [0.4, 0.5) is 40.9 Å². The maximum atomic E-state index is 13.6. The van der Waals surface area contributed by atoms with Crippen molar-refractivity contribution in [2.45, 2.75) is 18.3 Å². The van der Waals surface area contributed by atoms with Crippen LogP contribution in [0.5, 0.6) is 0 Å². The maximum absolute atomic E-state index is 13.6. The van der Waals surface area contributed by atoms with Crippen LogP contribution in [-0.4, -0.2) is 25.9 Å². The molecule has 3 heterocycles. The SMILES string of the molecule is Nc1c2c(C(F)(F)F)cc(C(F)(F)C(F)(F)F)nc2nn1-c1ncc(Cl)cc1Cl. The molecular weight excluding hydrogens is 461 g/mol. The van der Waals surface area contributed by atoms with Gasteiger partial charge in [0.05, 0.1) is 21.0 Å². The van der Waals surface area contributed by atoms with Crippen LogP contribution >= 0.6 is 23.2 Å². The van der Waals surface area contributed by atoms with Gasteiger partial charge in [-0.3, -0.25) is 0 Å². The fourth-order valence-corrected chi connectivity index (χ4v) is 2.83. The first kappa shape index (κ1) is 21.3. The monoisotopic (exact) mass is 465 g/mol. The van der Waals surface area contributed by atoms with E-state index in [1.165, 1.54) is 0 Å². The van der Waals surface area contributed by atoms with Crippen molar-refractivity contribution in [3.8, 4) is 5.82 Å². The Labute approximate surface area is 165 Å². The van der Waals surface area contributed by atoms with Crippen molar-refractivity contribution in [2.75, 3.05) is 5.73 Å². The van der Waals surface area contributed by atoms with Gasteiger partial charge in [0.1, 0.15) is 11.5 Å². The molecule has 0 atom stereocenters. The molecular formula is C14H5Cl2F8N5. The van der Waals surface area contributed by atoms with Gasteiger partial charge in [-0.25, -0.2) is 9.97 Å². The minimum Gasteiger partial charge on any atom is -0.383 e. The highest BCUT2D eigenvalue weighted by Crippen LogP contribution is 2.46. The lowest BCUT2D eigenvalue weighted by molar-refractivity contribution is -0.291. The van der Waals surface area contributed by atoms with Crippen LogP contribution in [-0.2, 0) is 12.1 Å². The van der Waals surface area contributed by atoms with Crippen LogP contribution in [0, 0.1) is 0 Å². The highest BCUT2D eigenvalue weighted by molar-refractivity contribution is 6.35. The van der Waals surface area contributed by atoms with E-state index in [0.717, 1.165) is 12.3 Å². The normalized spacial score (nSPS) is 13.3. The molecule has 3 aromatic rings. The lowest BCUT2D eigenvalue weighted by Crippen LogP contribution is -2.35. The second-order valence-electron chi connectivity index (χ2n) is 5.58. The highest BCUT2D eigenvalue weighted by atomic mass is 35.5. The highest BCUT2D eigenvalue weighted by Gasteiger charge is 2.60. The van der Waals surface area contributed by atoms with Crippen molar-refractivity contribution in [2.24, 2.45) is 0 Å². The smallest absolute Gasteiger partial charge is 0.383 e. The number of hydrogen-bond acceptors (Lipinski definition) is 4. The van der Waals surface area contributed by atoms with E-state index in [-0.39, 0.29) is 15.9 Å². The summed E-state index contributed by atoms with van der Waals surface area (Å²) in [5, 5.41) is 2.32. The van der Waals surface area contributed by atoms with Crippen LogP contribution in [0.25, 0.3) is 16.9 Å².